The third-order valence-electron chi connectivity index (χ3n) is 0. The maximum atomic E-state index is 8.52. The standard InChI is InChI=1S/2La.7O3Si.2Zr/c;;7*1-4(2)3;;/q2*+3;7*-2;2*+4. The van der Waals surface area contributed by atoms with E-state index in [4.69, 9.17) is 98.4 Å². The molecule has 0 aromatic heterocycles. The Kier molecular flexibility index (Phi) is 139. The molecule has 0 fully saturated rings. The summed E-state index contributed by atoms with van der Waals surface area (Å²) in [4.78, 5) is 119. The fraction of sp³-hybridized carbons (Fsp3) is 0. The van der Waals surface area contributed by atoms with Crippen LogP contribution in [0.25, 0.3) is 0 Å². The molecule has 0 aliphatic rings. The van der Waals surface area contributed by atoms with Gasteiger partial charge in [-0.25, -0.2) is 0 Å². The summed E-state index contributed by atoms with van der Waals surface area (Å²) in [6, 6.07) is 0. The Hall–Kier alpha value is 1.47. The average molecular weight is 993 g/mol. The first-order valence-corrected chi connectivity index (χ1v) is 12.9. The zero-order valence-electron chi connectivity index (χ0n) is 14.2. The third kappa shape index (κ3) is 13500. The molecule has 0 atom stereocenters. The largest absolute Gasteiger partial charge is 4.00 e. The molecule has 0 radical (unpaired) electrons. The van der Waals surface area contributed by atoms with Gasteiger partial charge in [-0.2, -0.15) is 0 Å². The first-order valence-electron chi connectivity index (χ1n) is 4.29. The molecule has 0 bridgehead atoms. The minimum atomic E-state index is -3.63. The fourth-order valence-electron chi connectivity index (χ4n) is 0. The molecular weight excluding hydrogens is 993 g/mol. The van der Waals surface area contributed by atoms with Crippen LogP contribution >= 0.6 is 0 Å². The number of rotatable bonds is 0. The molecule has 0 amide bonds. The first kappa shape index (κ1) is 69.9. The van der Waals surface area contributed by atoms with E-state index in [2.05, 4.69) is 0 Å². The molecule has 168 valence electrons. The van der Waals surface area contributed by atoms with Crippen molar-refractivity contribution in [1.82, 2.24) is 0 Å². The van der Waals surface area contributed by atoms with Crippen LogP contribution in [0.15, 0.2) is 0 Å². The van der Waals surface area contributed by atoms with Gasteiger partial charge in [-0.15, -0.1) is 0 Å². The third-order valence-corrected chi connectivity index (χ3v) is 0. The van der Waals surface area contributed by atoms with Gasteiger partial charge in [-0.3, -0.25) is 0 Å². The molecule has 0 aromatic rings. The smallest absolute Gasteiger partial charge is 0.672 e. The Morgan fingerprint density at radius 3 is 0.250 bits per heavy atom. The van der Waals surface area contributed by atoms with Gasteiger partial charge in [-0.1, -0.05) is 0 Å². The molecule has 0 aromatic carbocycles. The van der Waals surface area contributed by atoms with Crippen LogP contribution in [0.3, 0.4) is 0 Å². The van der Waals surface area contributed by atoms with Crippen molar-refractivity contribution >= 4 is 64.2 Å². The van der Waals surface area contributed by atoms with E-state index >= 15 is 0 Å². The van der Waals surface area contributed by atoms with Gasteiger partial charge in [0.05, 0.1) is 0 Å². The van der Waals surface area contributed by atoms with Crippen LogP contribution in [0, 0.1) is 71.2 Å². The molecule has 21 nitrogen and oxygen atoms in total. The summed E-state index contributed by atoms with van der Waals surface area (Å²) in [5, 5.41) is 0. The van der Waals surface area contributed by atoms with E-state index < -0.39 is 64.2 Å². The fourth-order valence-corrected chi connectivity index (χ4v) is 0. The van der Waals surface area contributed by atoms with E-state index in [-0.39, 0.29) is 124 Å². The summed E-state index contributed by atoms with van der Waals surface area (Å²) in [6.45, 7) is 0. The van der Waals surface area contributed by atoms with Crippen molar-refractivity contribution in [2.75, 3.05) is 0 Å². The summed E-state index contributed by atoms with van der Waals surface area (Å²) in [5.41, 5.74) is 0. The summed E-state index contributed by atoms with van der Waals surface area (Å²) in [6.07, 6.45) is 0. The van der Waals surface area contributed by atoms with Crippen molar-refractivity contribution in [3.8, 4) is 0 Å². The minimum absolute atomic E-state index is 0. The zero-order valence-corrected chi connectivity index (χ0v) is 33.4. The van der Waals surface area contributed by atoms with Gasteiger partial charge >= 0.3 is 124 Å². The molecule has 0 unspecified atom stereocenters. The number of hydrogen-bond acceptors (Lipinski definition) is 21. The first-order chi connectivity index (χ1) is 12.1. The van der Waals surface area contributed by atoms with Crippen molar-refractivity contribution < 1.29 is 222 Å². The van der Waals surface area contributed by atoms with Crippen LogP contribution in [0.4, 0.5) is 0 Å². The molecule has 0 rings (SSSR count). The van der Waals surface area contributed by atoms with Gasteiger partial charge in [0.15, 0.2) is 0 Å². The van der Waals surface area contributed by atoms with Crippen molar-refractivity contribution in [3.63, 3.8) is 0 Å². The Balaban J connectivity index is -0.0000000175. The second-order valence-electron chi connectivity index (χ2n) is 1.75. The molecule has 32 heteroatoms. The maximum absolute atomic E-state index is 8.52. The molecule has 0 spiro atoms. The summed E-state index contributed by atoms with van der Waals surface area (Å²) in [5.74, 6) is 0. The van der Waals surface area contributed by atoms with E-state index in [1.807, 2.05) is 0 Å². The summed E-state index contributed by atoms with van der Waals surface area (Å²) in [7, 11) is -25.4. The normalized spacial score (nSPS) is 5.25. The molecule has 0 saturated carbocycles. The molecule has 32 heavy (non-hydrogen) atoms. The SMILES string of the molecule is O=[Si]([O-])[O-].O=[Si]([O-])[O-].O=[Si]([O-])[O-].O=[Si]([O-])[O-].O=[Si]([O-])[O-].O=[Si]([O-])[O-].O=[Si]([O-])[O-].[La+3].[La+3].[Zr+4].[Zr+4]. The Morgan fingerprint density at radius 1 is 0.250 bits per heavy atom. The van der Waals surface area contributed by atoms with Gasteiger partial charge in [0.25, 0.3) is 0 Å². The monoisotopic (exact) mass is 989 g/mol. The molecule has 0 aliphatic heterocycles. The summed E-state index contributed by atoms with van der Waals surface area (Å²) >= 11 is 0. The zero-order chi connectivity index (χ0) is 25.0. The van der Waals surface area contributed by atoms with Crippen LogP contribution in [0.5, 0.6) is 0 Å². The minimum Gasteiger partial charge on any atom is -0.672 e. The van der Waals surface area contributed by atoms with Crippen molar-refractivity contribution in [2.24, 2.45) is 0 Å². The quantitative estimate of drug-likeness (QED) is 0.203. The Bertz CT molecular complexity index is 323. The van der Waals surface area contributed by atoms with Crippen molar-refractivity contribution in [1.29, 1.82) is 0 Å². The Morgan fingerprint density at radius 2 is 0.250 bits per heavy atom. The molecule has 0 heterocycles. The number of hydrogen-bond donors (Lipinski definition) is 0. The van der Waals surface area contributed by atoms with Crippen LogP contribution in [-0.2, 0) is 83.6 Å². The van der Waals surface area contributed by atoms with Gasteiger partial charge in [-0.05, 0) is 0 Å². The summed E-state index contributed by atoms with van der Waals surface area (Å²) < 4.78 is 59.6. The average Bonchev–Trinajstić information content (AvgIpc) is 2.20. The van der Waals surface area contributed by atoms with E-state index in [0.717, 1.165) is 0 Å². The van der Waals surface area contributed by atoms with E-state index in [9.17, 15) is 0 Å². The molecular formula is La2O21Si7Zr2. The van der Waals surface area contributed by atoms with E-state index in [1.54, 1.807) is 0 Å². The topological polar surface area (TPSA) is 442 Å². The van der Waals surface area contributed by atoms with Crippen LogP contribution in [0.2, 0.25) is 0 Å². The van der Waals surface area contributed by atoms with Crippen LogP contribution in [-0.4, -0.2) is 64.2 Å². The van der Waals surface area contributed by atoms with E-state index in [0.29, 0.717) is 0 Å². The molecule has 0 saturated heterocycles. The van der Waals surface area contributed by atoms with Crippen LogP contribution < -0.4 is 67.1 Å². The van der Waals surface area contributed by atoms with Crippen LogP contribution in [0.1, 0.15) is 0 Å². The van der Waals surface area contributed by atoms with E-state index in [1.165, 1.54) is 0 Å². The van der Waals surface area contributed by atoms with Gasteiger partial charge < -0.3 is 98.4 Å². The maximum Gasteiger partial charge on any atom is 4.00 e. The van der Waals surface area contributed by atoms with Crippen molar-refractivity contribution in [3.05, 3.63) is 0 Å². The van der Waals surface area contributed by atoms with Gasteiger partial charge in [0.2, 0.25) is 0 Å². The van der Waals surface area contributed by atoms with Crippen molar-refractivity contribution in [2.45, 2.75) is 0 Å². The molecule has 0 N–H and O–H groups in total. The predicted octanol–water partition coefficient (Wildman–Crippen LogP) is -20.1. The molecule has 0 aliphatic carbocycles. The van der Waals surface area contributed by atoms with Gasteiger partial charge in [0, 0.05) is 64.2 Å². The second kappa shape index (κ2) is 63.7. The van der Waals surface area contributed by atoms with Gasteiger partial charge in [0.1, 0.15) is 0 Å². The Labute approximate surface area is 281 Å². The predicted molar refractivity (Wildman–Crippen MR) is 45.1 cm³/mol. The second-order valence-corrected chi connectivity index (χ2v) is 5.25.